The number of rotatable bonds is 9. The molecule has 0 aromatic heterocycles. The summed E-state index contributed by atoms with van der Waals surface area (Å²) in [5.74, 6) is 0.375. The van der Waals surface area contributed by atoms with Gasteiger partial charge < -0.3 is 15.2 Å². The van der Waals surface area contributed by atoms with Crippen molar-refractivity contribution in [3.63, 3.8) is 0 Å². The van der Waals surface area contributed by atoms with E-state index in [4.69, 9.17) is 16.3 Å². The zero-order valence-corrected chi connectivity index (χ0v) is 18.6. The van der Waals surface area contributed by atoms with Crippen LogP contribution in [0.3, 0.4) is 0 Å². The summed E-state index contributed by atoms with van der Waals surface area (Å²) >= 11 is 6.02. The summed E-state index contributed by atoms with van der Waals surface area (Å²) in [6.07, 6.45) is 1.95. The van der Waals surface area contributed by atoms with Crippen LogP contribution in [-0.2, 0) is 6.42 Å². The number of halogens is 1. The fourth-order valence-electron chi connectivity index (χ4n) is 3.65. The highest BCUT2D eigenvalue weighted by molar-refractivity contribution is 6.31. The van der Waals surface area contributed by atoms with Crippen LogP contribution < -0.4 is 10.1 Å². The van der Waals surface area contributed by atoms with E-state index in [9.17, 15) is 10.4 Å². The van der Waals surface area contributed by atoms with Crippen LogP contribution in [0.2, 0.25) is 5.02 Å². The summed E-state index contributed by atoms with van der Waals surface area (Å²) in [6.45, 7) is 8.63. The standard InChI is InChI=1S/C26H27ClN2O2/c1-4-21-19(13-12-18-8-5-6-9-22(18)21)14-26(2,3)29-16-20(30)17-31-25-11-7-10-24(27)23(25)15-28/h4-13,20,29-30H,1,14,16-17H2,2-3H3. The van der Waals surface area contributed by atoms with Gasteiger partial charge in [-0.25, -0.2) is 0 Å². The Labute approximate surface area is 188 Å². The van der Waals surface area contributed by atoms with Gasteiger partial charge in [-0.3, -0.25) is 0 Å². The van der Waals surface area contributed by atoms with E-state index < -0.39 is 6.10 Å². The van der Waals surface area contributed by atoms with Crippen molar-refractivity contribution in [3.05, 3.63) is 82.9 Å². The van der Waals surface area contributed by atoms with E-state index in [1.165, 1.54) is 16.3 Å². The predicted molar refractivity (Wildman–Crippen MR) is 127 cm³/mol. The molecule has 0 spiro atoms. The lowest BCUT2D eigenvalue weighted by Gasteiger charge is -2.29. The van der Waals surface area contributed by atoms with E-state index in [2.05, 4.69) is 50.0 Å². The third-order valence-corrected chi connectivity index (χ3v) is 5.55. The maximum atomic E-state index is 10.4. The molecule has 1 unspecified atom stereocenters. The Hall–Kier alpha value is -2.84. The molecule has 0 radical (unpaired) electrons. The minimum atomic E-state index is -0.736. The van der Waals surface area contributed by atoms with Crippen LogP contribution in [0.4, 0.5) is 0 Å². The predicted octanol–water partition coefficient (Wildman–Crippen LogP) is 5.36. The minimum Gasteiger partial charge on any atom is -0.489 e. The molecule has 0 aliphatic carbocycles. The molecule has 0 saturated carbocycles. The number of aliphatic hydroxyl groups excluding tert-OH is 1. The second-order valence-corrected chi connectivity index (χ2v) is 8.60. The van der Waals surface area contributed by atoms with Crippen molar-refractivity contribution in [2.45, 2.75) is 31.9 Å². The molecule has 0 amide bonds. The first-order valence-electron chi connectivity index (χ1n) is 10.2. The van der Waals surface area contributed by atoms with Crippen molar-refractivity contribution in [2.24, 2.45) is 0 Å². The summed E-state index contributed by atoms with van der Waals surface area (Å²) in [4.78, 5) is 0. The van der Waals surface area contributed by atoms with Crippen molar-refractivity contribution in [1.82, 2.24) is 5.32 Å². The Morgan fingerprint density at radius 1 is 1.19 bits per heavy atom. The number of benzene rings is 3. The largest absolute Gasteiger partial charge is 0.489 e. The highest BCUT2D eigenvalue weighted by atomic mass is 35.5. The Bertz CT molecular complexity index is 1120. The number of β-amino-alcohol motifs (C(OH)–C–C–N with tert-alkyl or cyclic N) is 1. The van der Waals surface area contributed by atoms with E-state index in [-0.39, 0.29) is 17.7 Å². The van der Waals surface area contributed by atoms with Crippen LogP contribution in [0.5, 0.6) is 5.75 Å². The number of nitrogens with one attached hydrogen (secondary N) is 1. The summed E-state index contributed by atoms with van der Waals surface area (Å²) in [6, 6.07) is 19.6. The summed E-state index contributed by atoms with van der Waals surface area (Å²) in [7, 11) is 0. The Kier molecular flexibility index (Phi) is 7.35. The first-order chi connectivity index (χ1) is 14.8. The number of fused-ring (bicyclic) bond motifs is 1. The van der Waals surface area contributed by atoms with Gasteiger partial charge >= 0.3 is 0 Å². The molecule has 160 valence electrons. The fourth-order valence-corrected chi connectivity index (χ4v) is 3.85. The van der Waals surface area contributed by atoms with Crippen LogP contribution in [0.1, 0.15) is 30.5 Å². The van der Waals surface area contributed by atoms with Crippen molar-refractivity contribution in [3.8, 4) is 11.8 Å². The smallest absolute Gasteiger partial charge is 0.138 e. The fraction of sp³-hybridized carbons (Fsp3) is 0.269. The third-order valence-electron chi connectivity index (χ3n) is 5.23. The van der Waals surface area contributed by atoms with Crippen LogP contribution in [-0.4, -0.2) is 29.9 Å². The molecule has 0 fully saturated rings. The Balaban J connectivity index is 1.61. The van der Waals surface area contributed by atoms with Gasteiger partial charge in [-0.05, 0) is 54.3 Å². The van der Waals surface area contributed by atoms with Gasteiger partial charge in [-0.2, -0.15) is 5.26 Å². The SMILES string of the molecule is C=Cc1c(CC(C)(C)NCC(O)COc2cccc(Cl)c2C#N)ccc2ccccc12. The number of hydrogen-bond donors (Lipinski definition) is 2. The van der Waals surface area contributed by atoms with Crippen LogP contribution in [0, 0.1) is 11.3 Å². The molecule has 5 heteroatoms. The van der Waals surface area contributed by atoms with Crippen molar-refractivity contribution < 1.29 is 9.84 Å². The average molecular weight is 435 g/mol. The van der Waals surface area contributed by atoms with Gasteiger partial charge in [0, 0.05) is 12.1 Å². The Morgan fingerprint density at radius 3 is 2.71 bits per heavy atom. The second kappa shape index (κ2) is 9.98. The first-order valence-corrected chi connectivity index (χ1v) is 10.6. The van der Waals surface area contributed by atoms with Gasteiger partial charge in [0.2, 0.25) is 0 Å². The van der Waals surface area contributed by atoms with Gasteiger partial charge in [-0.1, -0.05) is 66.7 Å². The summed E-state index contributed by atoms with van der Waals surface area (Å²) in [5, 5.41) is 25.8. The lowest BCUT2D eigenvalue weighted by Crippen LogP contribution is -2.46. The highest BCUT2D eigenvalue weighted by Gasteiger charge is 2.21. The lowest BCUT2D eigenvalue weighted by molar-refractivity contribution is 0.0987. The van der Waals surface area contributed by atoms with E-state index >= 15 is 0 Å². The molecule has 1 atom stereocenters. The molecule has 0 saturated heterocycles. The molecule has 3 aromatic carbocycles. The van der Waals surface area contributed by atoms with Crippen LogP contribution >= 0.6 is 11.6 Å². The average Bonchev–Trinajstić information content (AvgIpc) is 2.76. The molecular formula is C26H27ClN2O2. The van der Waals surface area contributed by atoms with Crippen LogP contribution in [0.15, 0.2) is 61.2 Å². The van der Waals surface area contributed by atoms with E-state index in [1.807, 2.05) is 24.3 Å². The highest BCUT2D eigenvalue weighted by Crippen LogP contribution is 2.27. The molecule has 3 aromatic rings. The van der Waals surface area contributed by atoms with Crippen LogP contribution in [0.25, 0.3) is 16.8 Å². The van der Waals surface area contributed by atoms with Gasteiger partial charge in [0.25, 0.3) is 0 Å². The number of nitriles is 1. The van der Waals surface area contributed by atoms with E-state index in [0.717, 1.165) is 12.0 Å². The quantitative estimate of drug-likeness (QED) is 0.476. The molecule has 0 bridgehead atoms. The van der Waals surface area contributed by atoms with Gasteiger partial charge in [0.15, 0.2) is 0 Å². The number of nitrogens with zero attached hydrogens (tertiary/aromatic N) is 1. The molecule has 4 nitrogen and oxygen atoms in total. The maximum Gasteiger partial charge on any atom is 0.138 e. The van der Waals surface area contributed by atoms with Gasteiger partial charge in [-0.15, -0.1) is 0 Å². The monoisotopic (exact) mass is 434 g/mol. The summed E-state index contributed by atoms with van der Waals surface area (Å²) < 4.78 is 5.63. The zero-order chi connectivity index (χ0) is 22.4. The van der Waals surface area contributed by atoms with Crippen molar-refractivity contribution in [2.75, 3.05) is 13.2 Å². The second-order valence-electron chi connectivity index (χ2n) is 8.19. The number of aliphatic hydroxyl groups is 1. The van der Waals surface area contributed by atoms with E-state index in [0.29, 0.717) is 17.3 Å². The lowest BCUT2D eigenvalue weighted by atomic mass is 9.89. The normalized spacial score (nSPS) is 12.4. The molecule has 2 N–H and O–H groups in total. The maximum absolute atomic E-state index is 10.4. The van der Waals surface area contributed by atoms with Gasteiger partial charge in [0.05, 0.1) is 5.02 Å². The minimum absolute atomic E-state index is 0.0615. The number of hydrogen-bond acceptors (Lipinski definition) is 4. The van der Waals surface area contributed by atoms with E-state index in [1.54, 1.807) is 18.2 Å². The molecule has 3 rings (SSSR count). The molecular weight excluding hydrogens is 408 g/mol. The topological polar surface area (TPSA) is 65.3 Å². The molecule has 0 aliphatic rings. The molecule has 31 heavy (non-hydrogen) atoms. The van der Waals surface area contributed by atoms with Crippen molar-refractivity contribution >= 4 is 28.4 Å². The molecule has 0 aliphatic heterocycles. The molecule has 0 heterocycles. The number of ether oxygens (including phenoxy) is 1. The van der Waals surface area contributed by atoms with Crippen molar-refractivity contribution in [1.29, 1.82) is 5.26 Å². The zero-order valence-electron chi connectivity index (χ0n) is 17.9. The first kappa shape index (κ1) is 22.8. The van der Waals surface area contributed by atoms with Gasteiger partial charge in [0.1, 0.15) is 30.1 Å². The summed E-state index contributed by atoms with van der Waals surface area (Å²) in [5.41, 5.74) is 2.36. The Morgan fingerprint density at radius 2 is 1.97 bits per heavy atom. The third kappa shape index (κ3) is 5.65.